The average Bonchev–Trinajstić information content (AvgIpc) is 2.70. The maximum atomic E-state index is 12.3. The van der Waals surface area contributed by atoms with Crippen LogP contribution in [0.25, 0.3) is 0 Å². The van der Waals surface area contributed by atoms with Crippen molar-refractivity contribution < 1.29 is 23.9 Å². The van der Waals surface area contributed by atoms with E-state index in [2.05, 4.69) is 4.98 Å². The molecule has 0 aliphatic heterocycles. The summed E-state index contributed by atoms with van der Waals surface area (Å²) in [6, 6.07) is 10.1. The van der Waals surface area contributed by atoms with Gasteiger partial charge in [-0.2, -0.15) is 0 Å². The molecule has 0 aliphatic rings. The van der Waals surface area contributed by atoms with E-state index in [-0.39, 0.29) is 11.1 Å². The Hall–Kier alpha value is -2.67. The number of hydrogen-bond donors (Lipinski definition) is 0. The molecule has 2 rings (SSSR count). The van der Waals surface area contributed by atoms with E-state index in [9.17, 15) is 14.4 Å². The summed E-state index contributed by atoms with van der Waals surface area (Å²) in [6.07, 6.45) is 6.60. The smallest absolute Gasteiger partial charge is 0.339 e. The van der Waals surface area contributed by atoms with E-state index < -0.39 is 5.97 Å². The van der Waals surface area contributed by atoms with Crippen LogP contribution < -0.4 is 4.74 Å². The lowest BCUT2D eigenvalue weighted by atomic mass is 10.2. The molecule has 0 spiro atoms. The van der Waals surface area contributed by atoms with Crippen LogP contribution in [0.5, 0.6) is 5.75 Å². The van der Waals surface area contributed by atoms with Gasteiger partial charge in [0.25, 0.3) is 0 Å². The van der Waals surface area contributed by atoms with Crippen molar-refractivity contribution in [2.24, 2.45) is 0 Å². The lowest BCUT2D eigenvalue weighted by molar-refractivity contribution is -0.131. The molecule has 0 saturated carbocycles. The predicted octanol–water partition coefficient (Wildman–Crippen LogP) is 4.30. The second-order valence-electron chi connectivity index (χ2n) is 6.02. The quantitative estimate of drug-likeness (QED) is 0.333. The summed E-state index contributed by atoms with van der Waals surface area (Å²) < 4.78 is 10.3. The summed E-state index contributed by atoms with van der Waals surface area (Å²) in [5, 5.41) is -0.109. The molecule has 0 bridgehead atoms. The molecule has 0 radical (unpaired) electrons. The van der Waals surface area contributed by atoms with Crippen molar-refractivity contribution in [1.29, 1.82) is 0 Å². The number of ether oxygens (including phenoxy) is 2. The lowest BCUT2D eigenvalue weighted by Crippen LogP contribution is -2.07. The van der Waals surface area contributed by atoms with Crippen molar-refractivity contribution in [3.8, 4) is 5.75 Å². The molecular weight excluding hydrogens is 378 g/mol. The summed E-state index contributed by atoms with van der Waals surface area (Å²) >= 11 is 1.21. The number of thioether (sulfide) groups is 1. The van der Waals surface area contributed by atoms with Crippen LogP contribution in [0, 0.1) is 0 Å². The van der Waals surface area contributed by atoms with Gasteiger partial charge in [-0.3, -0.25) is 14.6 Å². The van der Waals surface area contributed by atoms with E-state index in [1.165, 1.54) is 24.9 Å². The van der Waals surface area contributed by atoms with E-state index in [0.717, 1.165) is 25.7 Å². The average molecular weight is 401 g/mol. The molecule has 148 valence electrons. The summed E-state index contributed by atoms with van der Waals surface area (Å²) in [7, 11) is 0. The largest absolute Gasteiger partial charge is 0.462 e. The topological polar surface area (TPSA) is 82.6 Å². The Kier molecular flexibility index (Phi) is 9.21. The van der Waals surface area contributed by atoms with E-state index in [0.29, 0.717) is 29.2 Å². The zero-order valence-corrected chi connectivity index (χ0v) is 16.6. The Morgan fingerprint density at radius 1 is 1.00 bits per heavy atom. The summed E-state index contributed by atoms with van der Waals surface area (Å²) in [4.78, 5) is 39.1. The zero-order valence-electron chi connectivity index (χ0n) is 15.8. The third kappa shape index (κ3) is 7.52. The van der Waals surface area contributed by atoms with Gasteiger partial charge in [-0.15, -0.1) is 0 Å². The zero-order chi connectivity index (χ0) is 20.2. The number of hydrogen-bond acceptors (Lipinski definition) is 7. The number of rotatable bonds is 10. The van der Waals surface area contributed by atoms with Gasteiger partial charge in [-0.25, -0.2) is 4.79 Å². The third-order valence-electron chi connectivity index (χ3n) is 3.76. The summed E-state index contributed by atoms with van der Waals surface area (Å²) in [5.74, 6) is 0.168. The minimum atomic E-state index is -0.450. The van der Waals surface area contributed by atoms with Gasteiger partial charge in [0, 0.05) is 25.1 Å². The van der Waals surface area contributed by atoms with Crippen LogP contribution in [0.1, 0.15) is 53.3 Å². The molecule has 1 aromatic heterocycles. The SMILES string of the molecule is CC(=O)Oc1ccccc1C(=O)SCCCCCCOC(=O)c1cccnc1. The van der Waals surface area contributed by atoms with E-state index >= 15 is 0 Å². The number of pyridine rings is 1. The van der Waals surface area contributed by atoms with Gasteiger partial charge < -0.3 is 9.47 Å². The fourth-order valence-corrected chi connectivity index (χ4v) is 3.27. The van der Waals surface area contributed by atoms with E-state index in [1.807, 2.05) is 0 Å². The molecule has 0 atom stereocenters. The van der Waals surface area contributed by atoms with Crippen LogP contribution in [0.15, 0.2) is 48.8 Å². The molecular formula is C21H23NO5S. The number of benzene rings is 1. The second kappa shape index (κ2) is 11.9. The Balaban J connectivity index is 1.59. The first-order valence-electron chi connectivity index (χ1n) is 9.09. The van der Waals surface area contributed by atoms with Gasteiger partial charge in [-0.1, -0.05) is 36.7 Å². The van der Waals surface area contributed by atoms with Crippen molar-refractivity contribution in [3.63, 3.8) is 0 Å². The number of para-hydroxylation sites is 1. The van der Waals surface area contributed by atoms with Gasteiger partial charge in [0.1, 0.15) is 5.75 Å². The highest BCUT2D eigenvalue weighted by Gasteiger charge is 2.13. The fourth-order valence-electron chi connectivity index (χ4n) is 2.41. The molecule has 2 aromatic rings. The Morgan fingerprint density at radius 2 is 1.79 bits per heavy atom. The van der Waals surface area contributed by atoms with Gasteiger partial charge in [0.2, 0.25) is 5.12 Å². The number of esters is 2. The predicted molar refractivity (Wildman–Crippen MR) is 108 cm³/mol. The summed E-state index contributed by atoms with van der Waals surface area (Å²) in [5.41, 5.74) is 0.858. The number of carbonyl (C=O) groups excluding carboxylic acids is 3. The van der Waals surface area contributed by atoms with Gasteiger partial charge in [0.05, 0.1) is 17.7 Å². The monoisotopic (exact) mass is 401 g/mol. The lowest BCUT2D eigenvalue weighted by Gasteiger charge is -2.07. The number of aromatic nitrogens is 1. The second-order valence-corrected chi connectivity index (χ2v) is 7.09. The van der Waals surface area contributed by atoms with Crippen molar-refractivity contribution in [3.05, 3.63) is 59.9 Å². The standard InChI is InChI=1S/C21H23NO5S/c1-16(23)27-19-11-5-4-10-18(19)21(25)28-14-7-3-2-6-13-26-20(24)17-9-8-12-22-15-17/h4-5,8-12,15H,2-3,6-7,13-14H2,1H3. The molecule has 0 N–H and O–H groups in total. The van der Waals surface area contributed by atoms with E-state index in [1.54, 1.807) is 42.6 Å². The van der Waals surface area contributed by atoms with Crippen LogP contribution in [0.4, 0.5) is 0 Å². The molecule has 0 unspecified atom stereocenters. The molecule has 1 heterocycles. The highest BCUT2D eigenvalue weighted by atomic mass is 32.2. The first-order chi connectivity index (χ1) is 13.6. The molecule has 7 heteroatoms. The molecule has 28 heavy (non-hydrogen) atoms. The van der Waals surface area contributed by atoms with Gasteiger partial charge in [-0.05, 0) is 37.1 Å². The van der Waals surface area contributed by atoms with Crippen LogP contribution in [-0.4, -0.2) is 34.4 Å². The van der Waals surface area contributed by atoms with Crippen molar-refractivity contribution in [2.75, 3.05) is 12.4 Å². The first-order valence-corrected chi connectivity index (χ1v) is 10.1. The van der Waals surface area contributed by atoms with Crippen molar-refractivity contribution in [1.82, 2.24) is 4.98 Å². The Labute approximate surface area is 168 Å². The number of unbranched alkanes of at least 4 members (excludes halogenated alkanes) is 3. The highest BCUT2D eigenvalue weighted by molar-refractivity contribution is 8.14. The molecule has 0 saturated heterocycles. The molecule has 1 aromatic carbocycles. The minimum absolute atomic E-state index is 0.109. The van der Waals surface area contributed by atoms with Crippen LogP contribution in [0.2, 0.25) is 0 Å². The maximum Gasteiger partial charge on any atom is 0.339 e. The maximum absolute atomic E-state index is 12.3. The normalized spacial score (nSPS) is 10.3. The molecule has 0 aliphatic carbocycles. The van der Waals surface area contributed by atoms with E-state index in [4.69, 9.17) is 9.47 Å². The van der Waals surface area contributed by atoms with Crippen LogP contribution in [0.3, 0.4) is 0 Å². The summed E-state index contributed by atoms with van der Waals surface area (Å²) in [6.45, 7) is 1.68. The molecule has 0 fully saturated rings. The van der Waals surface area contributed by atoms with Crippen molar-refractivity contribution in [2.45, 2.75) is 32.6 Å². The van der Waals surface area contributed by atoms with Gasteiger partial charge in [0.15, 0.2) is 0 Å². The van der Waals surface area contributed by atoms with Crippen LogP contribution in [-0.2, 0) is 9.53 Å². The minimum Gasteiger partial charge on any atom is -0.462 e. The molecule has 6 nitrogen and oxygen atoms in total. The molecule has 0 amide bonds. The number of carbonyl (C=O) groups is 3. The van der Waals surface area contributed by atoms with Crippen molar-refractivity contribution >= 4 is 28.8 Å². The number of nitrogens with zero attached hydrogens (tertiary/aromatic N) is 1. The first kappa shape index (κ1) is 21.6. The Morgan fingerprint density at radius 3 is 2.54 bits per heavy atom. The third-order valence-corrected chi connectivity index (χ3v) is 4.74. The van der Waals surface area contributed by atoms with Gasteiger partial charge >= 0.3 is 11.9 Å². The Bertz CT molecular complexity index is 794. The highest BCUT2D eigenvalue weighted by Crippen LogP contribution is 2.24. The fraction of sp³-hybridized carbons (Fsp3) is 0.333. The van der Waals surface area contributed by atoms with Crippen LogP contribution >= 0.6 is 11.8 Å².